The van der Waals surface area contributed by atoms with E-state index in [1.165, 1.54) is 7.05 Å². The molecule has 3 rings (SSSR count). The van der Waals surface area contributed by atoms with Gasteiger partial charge in [-0.15, -0.1) is 0 Å². The third-order valence-electron chi connectivity index (χ3n) is 5.12. The number of carbonyl (C=O) groups excluding carboxylic acids is 2. The van der Waals surface area contributed by atoms with E-state index in [1.807, 2.05) is 33.8 Å². The quantitative estimate of drug-likeness (QED) is 0.515. The smallest absolute Gasteiger partial charge is 0.359 e. The van der Waals surface area contributed by atoms with E-state index in [4.69, 9.17) is 4.74 Å². The van der Waals surface area contributed by atoms with Gasteiger partial charge >= 0.3 is 5.97 Å². The van der Waals surface area contributed by atoms with Crippen molar-refractivity contribution in [1.29, 1.82) is 0 Å². The molecule has 0 bridgehead atoms. The Labute approximate surface area is 162 Å². The standard InChI is InChI=1S/C22H22N2O4/c1-12-10-13(2)19(15(4)14(12)3)18(25)11-28-22(27)20-16-8-6-7-9-17(16)21(26)24(5)23-20/h6-10H,11H2,1-5H3. The molecular weight excluding hydrogens is 356 g/mol. The summed E-state index contributed by atoms with van der Waals surface area (Å²) < 4.78 is 6.36. The second kappa shape index (κ2) is 7.38. The zero-order valence-electron chi connectivity index (χ0n) is 16.6. The molecule has 3 aromatic rings. The first-order valence-corrected chi connectivity index (χ1v) is 8.96. The van der Waals surface area contributed by atoms with Crippen molar-refractivity contribution in [3.05, 3.63) is 74.2 Å². The molecule has 1 heterocycles. The number of aryl methyl sites for hydroxylation is 3. The summed E-state index contributed by atoms with van der Waals surface area (Å²) in [5, 5.41) is 4.81. The predicted octanol–water partition coefficient (Wildman–Crippen LogP) is 3.21. The summed E-state index contributed by atoms with van der Waals surface area (Å²) in [5.74, 6) is -1.00. The van der Waals surface area contributed by atoms with Crippen LogP contribution in [0.5, 0.6) is 0 Å². The third-order valence-corrected chi connectivity index (χ3v) is 5.12. The van der Waals surface area contributed by atoms with Crippen LogP contribution in [-0.4, -0.2) is 28.1 Å². The number of ether oxygens (including phenoxy) is 1. The maximum Gasteiger partial charge on any atom is 0.359 e. The molecule has 0 fully saturated rings. The van der Waals surface area contributed by atoms with Gasteiger partial charge in [-0.05, 0) is 56.0 Å². The van der Waals surface area contributed by atoms with E-state index in [0.717, 1.165) is 26.9 Å². The van der Waals surface area contributed by atoms with Crippen LogP contribution < -0.4 is 5.56 Å². The first-order valence-electron chi connectivity index (χ1n) is 8.96. The van der Waals surface area contributed by atoms with E-state index in [0.29, 0.717) is 16.3 Å². The van der Waals surface area contributed by atoms with Gasteiger partial charge in [0, 0.05) is 18.0 Å². The minimum atomic E-state index is -0.737. The fraction of sp³-hybridized carbons (Fsp3) is 0.273. The number of aromatic nitrogens is 2. The summed E-state index contributed by atoms with van der Waals surface area (Å²) in [7, 11) is 1.47. The van der Waals surface area contributed by atoms with Gasteiger partial charge in [0.1, 0.15) is 0 Å². The molecule has 1 aromatic heterocycles. The maximum atomic E-state index is 12.7. The first kappa shape index (κ1) is 19.5. The summed E-state index contributed by atoms with van der Waals surface area (Å²) in [6, 6.07) is 8.66. The Hall–Kier alpha value is -3.28. The minimum Gasteiger partial charge on any atom is -0.452 e. The molecule has 0 spiro atoms. The van der Waals surface area contributed by atoms with Gasteiger partial charge in [0.15, 0.2) is 12.3 Å². The monoisotopic (exact) mass is 378 g/mol. The van der Waals surface area contributed by atoms with E-state index in [9.17, 15) is 14.4 Å². The van der Waals surface area contributed by atoms with Crippen LogP contribution in [0.2, 0.25) is 0 Å². The molecule has 0 aliphatic heterocycles. The molecule has 28 heavy (non-hydrogen) atoms. The van der Waals surface area contributed by atoms with Crippen LogP contribution in [0.25, 0.3) is 10.8 Å². The van der Waals surface area contributed by atoms with Crippen molar-refractivity contribution in [2.45, 2.75) is 27.7 Å². The predicted molar refractivity (Wildman–Crippen MR) is 107 cm³/mol. The van der Waals surface area contributed by atoms with Gasteiger partial charge in [-0.2, -0.15) is 5.10 Å². The summed E-state index contributed by atoms with van der Waals surface area (Å²) in [6.07, 6.45) is 0. The maximum absolute atomic E-state index is 12.7. The van der Waals surface area contributed by atoms with Crippen molar-refractivity contribution in [2.24, 2.45) is 7.05 Å². The Balaban J connectivity index is 1.89. The lowest BCUT2D eigenvalue weighted by Crippen LogP contribution is -2.25. The van der Waals surface area contributed by atoms with E-state index in [1.54, 1.807) is 24.3 Å². The lowest BCUT2D eigenvalue weighted by atomic mass is 9.92. The number of hydrogen-bond donors (Lipinski definition) is 0. The van der Waals surface area contributed by atoms with Crippen molar-refractivity contribution in [3.63, 3.8) is 0 Å². The normalized spacial score (nSPS) is 10.9. The van der Waals surface area contributed by atoms with Crippen molar-refractivity contribution in [1.82, 2.24) is 9.78 Å². The van der Waals surface area contributed by atoms with Crippen LogP contribution in [0.1, 0.15) is 43.1 Å². The molecular formula is C22H22N2O4. The Morgan fingerprint density at radius 2 is 1.64 bits per heavy atom. The highest BCUT2D eigenvalue weighted by Gasteiger charge is 2.20. The molecule has 6 heteroatoms. The van der Waals surface area contributed by atoms with Gasteiger partial charge in [0.05, 0.1) is 5.39 Å². The number of benzene rings is 2. The molecule has 0 saturated carbocycles. The summed E-state index contributed by atoms with van der Waals surface area (Å²) >= 11 is 0. The van der Waals surface area contributed by atoms with Crippen LogP contribution in [0, 0.1) is 27.7 Å². The van der Waals surface area contributed by atoms with Crippen LogP contribution in [0.3, 0.4) is 0 Å². The Kier molecular flexibility index (Phi) is 5.14. The second-order valence-electron chi connectivity index (χ2n) is 6.96. The zero-order chi connectivity index (χ0) is 20.6. The zero-order valence-corrected chi connectivity index (χ0v) is 16.6. The Morgan fingerprint density at radius 1 is 1.00 bits per heavy atom. The molecule has 0 aliphatic rings. The molecule has 0 saturated heterocycles. The van der Waals surface area contributed by atoms with Crippen molar-refractivity contribution < 1.29 is 14.3 Å². The van der Waals surface area contributed by atoms with Crippen molar-refractivity contribution >= 4 is 22.5 Å². The van der Waals surface area contributed by atoms with Crippen LogP contribution in [0.15, 0.2) is 35.1 Å². The second-order valence-corrected chi connectivity index (χ2v) is 6.96. The van der Waals surface area contributed by atoms with E-state index in [2.05, 4.69) is 5.10 Å². The van der Waals surface area contributed by atoms with E-state index < -0.39 is 5.97 Å². The number of hydrogen-bond acceptors (Lipinski definition) is 5. The molecule has 2 aromatic carbocycles. The third kappa shape index (κ3) is 3.33. The topological polar surface area (TPSA) is 78.3 Å². The molecule has 0 N–H and O–H groups in total. The number of ketones is 1. The largest absolute Gasteiger partial charge is 0.452 e. The number of nitrogens with zero attached hydrogens (tertiary/aromatic N) is 2. The highest BCUT2D eigenvalue weighted by molar-refractivity contribution is 6.05. The minimum absolute atomic E-state index is 0.0130. The number of esters is 1. The number of rotatable bonds is 4. The Morgan fingerprint density at radius 3 is 2.32 bits per heavy atom. The molecule has 6 nitrogen and oxygen atoms in total. The van der Waals surface area contributed by atoms with Crippen LogP contribution in [-0.2, 0) is 11.8 Å². The van der Waals surface area contributed by atoms with E-state index >= 15 is 0 Å². The van der Waals surface area contributed by atoms with Gasteiger partial charge in [-0.25, -0.2) is 9.48 Å². The van der Waals surface area contributed by atoms with Crippen LogP contribution >= 0.6 is 0 Å². The first-order chi connectivity index (χ1) is 13.2. The molecule has 0 amide bonds. The summed E-state index contributed by atoms with van der Waals surface area (Å²) in [6.45, 7) is 7.35. The lowest BCUT2D eigenvalue weighted by molar-refractivity contribution is 0.0468. The molecule has 0 atom stereocenters. The average Bonchev–Trinajstić information content (AvgIpc) is 2.67. The number of carbonyl (C=O) groups is 2. The highest BCUT2D eigenvalue weighted by Crippen LogP contribution is 2.22. The van der Waals surface area contributed by atoms with Crippen LogP contribution in [0.4, 0.5) is 0 Å². The van der Waals surface area contributed by atoms with Crippen molar-refractivity contribution in [2.75, 3.05) is 6.61 Å². The summed E-state index contributed by atoms with van der Waals surface area (Å²) in [5.41, 5.74) is 4.20. The van der Waals surface area contributed by atoms with Gasteiger partial charge in [0.25, 0.3) is 5.56 Å². The SMILES string of the molecule is Cc1cc(C)c(C(=O)COC(=O)c2nn(C)c(=O)c3ccccc23)c(C)c1C. The highest BCUT2D eigenvalue weighted by atomic mass is 16.5. The Bertz CT molecular complexity index is 1180. The fourth-order valence-electron chi connectivity index (χ4n) is 3.44. The molecule has 0 radical (unpaired) electrons. The average molecular weight is 378 g/mol. The fourth-order valence-corrected chi connectivity index (χ4v) is 3.44. The van der Waals surface area contributed by atoms with E-state index in [-0.39, 0.29) is 23.6 Å². The molecule has 0 unspecified atom stereocenters. The van der Waals surface area contributed by atoms with Gasteiger partial charge in [0.2, 0.25) is 5.78 Å². The van der Waals surface area contributed by atoms with Gasteiger partial charge in [-0.1, -0.05) is 24.3 Å². The van der Waals surface area contributed by atoms with Crippen molar-refractivity contribution in [3.8, 4) is 0 Å². The lowest BCUT2D eigenvalue weighted by Gasteiger charge is -2.14. The summed E-state index contributed by atoms with van der Waals surface area (Å²) in [4.78, 5) is 37.5. The number of fused-ring (bicyclic) bond motifs is 1. The van der Waals surface area contributed by atoms with Gasteiger partial charge in [-0.3, -0.25) is 9.59 Å². The van der Waals surface area contributed by atoms with Gasteiger partial charge < -0.3 is 4.74 Å². The molecule has 144 valence electrons. The number of Topliss-reactive ketones (excluding diaryl/α,β-unsaturated/α-hetero) is 1. The molecule has 0 aliphatic carbocycles.